The first-order valence-electron chi connectivity index (χ1n) is 7.06. The van der Waals surface area contributed by atoms with E-state index in [0.29, 0.717) is 21.7 Å². The molecule has 0 radical (unpaired) electrons. The fourth-order valence-electron chi connectivity index (χ4n) is 2.45. The second-order valence-electron chi connectivity index (χ2n) is 5.35. The highest BCUT2D eigenvalue weighted by molar-refractivity contribution is 6.31. The van der Waals surface area contributed by atoms with Crippen molar-refractivity contribution in [3.8, 4) is 0 Å². The molecule has 0 bridgehead atoms. The van der Waals surface area contributed by atoms with Gasteiger partial charge in [-0.05, 0) is 49.2 Å². The Labute approximate surface area is 137 Å². The van der Waals surface area contributed by atoms with Crippen LogP contribution in [0.1, 0.15) is 21.5 Å². The molecule has 0 aliphatic rings. The van der Waals surface area contributed by atoms with Gasteiger partial charge >= 0.3 is 5.63 Å². The molecule has 1 heterocycles. The molecule has 116 valence electrons. The molecule has 3 aromatic rings. The summed E-state index contributed by atoms with van der Waals surface area (Å²) in [7, 11) is 0. The van der Waals surface area contributed by atoms with Crippen molar-refractivity contribution in [2.45, 2.75) is 13.8 Å². The Kier molecular flexibility index (Phi) is 3.92. The first kappa shape index (κ1) is 15.3. The number of halogens is 1. The summed E-state index contributed by atoms with van der Waals surface area (Å²) >= 11 is 5.94. The molecular weight excluding hydrogens is 314 g/mol. The minimum Gasteiger partial charge on any atom is -0.422 e. The summed E-state index contributed by atoms with van der Waals surface area (Å²) in [5, 5.41) is 3.89. The van der Waals surface area contributed by atoms with Gasteiger partial charge in [0.1, 0.15) is 11.1 Å². The number of fused-ring (bicyclic) bond motifs is 1. The Hall–Kier alpha value is -2.59. The Morgan fingerprint density at radius 1 is 1.09 bits per heavy atom. The highest BCUT2D eigenvalue weighted by atomic mass is 35.5. The summed E-state index contributed by atoms with van der Waals surface area (Å²) in [4.78, 5) is 24.5. The van der Waals surface area contributed by atoms with E-state index in [1.807, 2.05) is 32.0 Å². The fourth-order valence-corrected chi connectivity index (χ4v) is 2.63. The minimum absolute atomic E-state index is 0.0533. The van der Waals surface area contributed by atoms with Crippen LogP contribution in [0.3, 0.4) is 0 Å². The molecule has 0 atom stereocenters. The lowest BCUT2D eigenvalue weighted by atomic mass is 10.1. The number of carbonyl (C=O) groups is 1. The van der Waals surface area contributed by atoms with E-state index in [0.717, 1.165) is 11.1 Å². The lowest BCUT2D eigenvalue weighted by Gasteiger charge is -2.11. The van der Waals surface area contributed by atoms with Gasteiger partial charge in [-0.2, -0.15) is 0 Å². The molecule has 23 heavy (non-hydrogen) atoms. The van der Waals surface area contributed by atoms with E-state index in [1.165, 1.54) is 6.07 Å². The van der Waals surface area contributed by atoms with Crippen LogP contribution in [0.15, 0.2) is 51.7 Å². The lowest BCUT2D eigenvalue weighted by molar-refractivity contribution is 0.102. The maximum absolute atomic E-state index is 12.5. The number of nitrogens with one attached hydrogen (secondary N) is 1. The van der Waals surface area contributed by atoms with E-state index >= 15 is 0 Å². The number of rotatable bonds is 2. The predicted molar refractivity (Wildman–Crippen MR) is 91.4 cm³/mol. The monoisotopic (exact) mass is 327 g/mol. The molecule has 5 heteroatoms. The molecular formula is C18H14ClNO3. The Morgan fingerprint density at radius 3 is 2.48 bits per heavy atom. The summed E-state index contributed by atoms with van der Waals surface area (Å²) in [5.41, 5.74) is 2.20. The van der Waals surface area contributed by atoms with Crippen LogP contribution >= 0.6 is 11.6 Å². The van der Waals surface area contributed by atoms with E-state index in [9.17, 15) is 9.59 Å². The zero-order valence-corrected chi connectivity index (χ0v) is 13.4. The summed E-state index contributed by atoms with van der Waals surface area (Å²) in [6, 6.07) is 12.1. The van der Waals surface area contributed by atoms with Crippen molar-refractivity contribution in [2.75, 3.05) is 5.32 Å². The normalized spacial score (nSPS) is 10.7. The van der Waals surface area contributed by atoms with Gasteiger partial charge in [0.15, 0.2) is 0 Å². The number of anilines is 1. The van der Waals surface area contributed by atoms with Gasteiger partial charge in [-0.15, -0.1) is 0 Å². The first-order valence-corrected chi connectivity index (χ1v) is 7.44. The number of para-hydroxylation sites is 1. The summed E-state index contributed by atoms with van der Waals surface area (Å²) < 4.78 is 5.19. The first-order chi connectivity index (χ1) is 11.0. The van der Waals surface area contributed by atoms with Crippen LogP contribution in [0, 0.1) is 13.8 Å². The molecule has 4 nitrogen and oxygen atoms in total. The van der Waals surface area contributed by atoms with Crippen molar-refractivity contribution in [1.29, 1.82) is 0 Å². The van der Waals surface area contributed by atoms with Gasteiger partial charge in [0.2, 0.25) is 0 Å². The van der Waals surface area contributed by atoms with Crippen LogP contribution in [-0.2, 0) is 0 Å². The maximum Gasteiger partial charge on any atom is 0.349 e. The average molecular weight is 328 g/mol. The molecule has 0 saturated heterocycles. The molecule has 2 aromatic carbocycles. The van der Waals surface area contributed by atoms with Crippen molar-refractivity contribution in [1.82, 2.24) is 0 Å². The van der Waals surface area contributed by atoms with Crippen molar-refractivity contribution >= 4 is 34.2 Å². The molecule has 1 N–H and O–H groups in total. The highest BCUT2D eigenvalue weighted by Gasteiger charge is 2.15. The Bertz CT molecular complexity index is 955. The lowest BCUT2D eigenvalue weighted by Crippen LogP contribution is -2.21. The van der Waals surface area contributed by atoms with Gasteiger partial charge < -0.3 is 9.73 Å². The molecule has 0 unspecified atom stereocenters. The quantitative estimate of drug-likeness (QED) is 0.713. The van der Waals surface area contributed by atoms with E-state index in [-0.39, 0.29) is 5.56 Å². The molecule has 0 aliphatic carbocycles. The molecule has 0 aliphatic heterocycles. The Morgan fingerprint density at radius 2 is 1.78 bits per heavy atom. The second kappa shape index (κ2) is 5.89. The summed E-state index contributed by atoms with van der Waals surface area (Å²) in [5.74, 6) is -0.502. The van der Waals surface area contributed by atoms with Crippen LogP contribution in [0.5, 0.6) is 0 Å². The third kappa shape index (κ3) is 2.98. The van der Waals surface area contributed by atoms with Crippen LogP contribution in [0.2, 0.25) is 5.02 Å². The number of hydrogen-bond donors (Lipinski definition) is 1. The van der Waals surface area contributed by atoms with E-state index in [2.05, 4.69) is 5.32 Å². The molecule has 0 fully saturated rings. The number of hydrogen-bond acceptors (Lipinski definition) is 3. The highest BCUT2D eigenvalue weighted by Crippen LogP contribution is 2.22. The molecule has 3 rings (SSSR count). The largest absolute Gasteiger partial charge is 0.422 e. The SMILES string of the molecule is Cc1cccc(C)c1NC(=O)c1cc2cc(Cl)ccc2oc1=O. The molecule has 1 aromatic heterocycles. The second-order valence-corrected chi connectivity index (χ2v) is 5.79. The van der Waals surface area contributed by atoms with Crippen molar-refractivity contribution < 1.29 is 9.21 Å². The van der Waals surface area contributed by atoms with Gasteiger partial charge in [-0.25, -0.2) is 4.79 Å². The zero-order chi connectivity index (χ0) is 16.6. The summed E-state index contributed by atoms with van der Waals surface area (Å²) in [6.07, 6.45) is 0. The predicted octanol–water partition coefficient (Wildman–Crippen LogP) is 4.32. The molecule has 0 spiro atoms. The number of amides is 1. The van der Waals surface area contributed by atoms with Gasteiger partial charge in [0.25, 0.3) is 5.91 Å². The number of carbonyl (C=O) groups excluding carboxylic acids is 1. The average Bonchev–Trinajstić information content (AvgIpc) is 2.50. The van der Waals surface area contributed by atoms with Gasteiger partial charge in [0.05, 0.1) is 0 Å². The van der Waals surface area contributed by atoms with Gasteiger partial charge in [-0.1, -0.05) is 29.8 Å². The van der Waals surface area contributed by atoms with E-state index in [4.69, 9.17) is 16.0 Å². The van der Waals surface area contributed by atoms with Crippen LogP contribution < -0.4 is 10.9 Å². The van der Waals surface area contributed by atoms with Gasteiger partial charge in [0, 0.05) is 16.1 Å². The number of benzene rings is 2. The van der Waals surface area contributed by atoms with Crippen LogP contribution in [0.25, 0.3) is 11.0 Å². The van der Waals surface area contributed by atoms with Crippen LogP contribution in [-0.4, -0.2) is 5.91 Å². The minimum atomic E-state index is -0.677. The topological polar surface area (TPSA) is 59.3 Å². The number of aryl methyl sites for hydroxylation is 2. The molecule has 1 amide bonds. The van der Waals surface area contributed by atoms with Crippen molar-refractivity contribution in [2.24, 2.45) is 0 Å². The smallest absolute Gasteiger partial charge is 0.349 e. The third-order valence-electron chi connectivity index (χ3n) is 3.66. The van der Waals surface area contributed by atoms with E-state index < -0.39 is 11.5 Å². The molecule has 0 saturated carbocycles. The van der Waals surface area contributed by atoms with E-state index in [1.54, 1.807) is 18.2 Å². The van der Waals surface area contributed by atoms with Crippen LogP contribution in [0.4, 0.5) is 5.69 Å². The zero-order valence-electron chi connectivity index (χ0n) is 12.6. The Balaban J connectivity index is 2.04. The third-order valence-corrected chi connectivity index (χ3v) is 3.89. The van der Waals surface area contributed by atoms with Crippen molar-refractivity contribution in [3.63, 3.8) is 0 Å². The fraction of sp³-hybridized carbons (Fsp3) is 0.111. The standard InChI is InChI=1S/C18H14ClNO3/c1-10-4-3-5-11(2)16(10)20-17(21)14-9-12-8-13(19)6-7-15(12)23-18(14)22/h3-9H,1-2H3,(H,20,21). The maximum atomic E-state index is 12.5. The van der Waals surface area contributed by atoms with Crippen molar-refractivity contribution in [3.05, 3.63) is 74.6 Å². The summed E-state index contributed by atoms with van der Waals surface area (Å²) in [6.45, 7) is 3.79. The van der Waals surface area contributed by atoms with Gasteiger partial charge in [-0.3, -0.25) is 4.79 Å².